The Morgan fingerprint density at radius 3 is 2.22 bits per heavy atom. The minimum Gasteiger partial charge on any atom is -0.490 e. The first-order valence-corrected chi connectivity index (χ1v) is 7.20. The number of rotatable bonds is 2. The summed E-state index contributed by atoms with van der Waals surface area (Å²) in [6, 6.07) is 7.89. The molecule has 3 rings (SSSR count). The van der Waals surface area contributed by atoms with Crippen LogP contribution in [0.3, 0.4) is 0 Å². The molecule has 2 unspecified atom stereocenters. The summed E-state index contributed by atoms with van der Waals surface area (Å²) in [5.74, 6) is 1.05. The lowest BCUT2D eigenvalue weighted by Crippen LogP contribution is -2.51. The molecule has 98 valence electrons. The van der Waals surface area contributed by atoms with Gasteiger partial charge in [-0.2, -0.15) is 0 Å². The Kier molecular flexibility index (Phi) is 3.29. The van der Waals surface area contributed by atoms with Gasteiger partial charge in [0.15, 0.2) is 0 Å². The van der Waals surface area contributed by atoms with Crippen molar-refractivity contribution in [2.24, 2.45) is 0 Å². The monoisotopic (exact) mass is 245 g/mol. The average molecular weight is 245 g/mol. The SMILES string of the molecule is Cc1cc(C)cc(OC2CC3CCCC(C2)N3)c1. The molecule has 0 aliphatic carbocycles. The van der Waals surface area contributed by atoms with Gasteiger partial charge in [0.25, 0.3) is 0 Å². The summed E-state index contributed by atoms with van der Waals surface area (Å²) in [6.45, 7) is 4.27. The first-order valence-electron chi connectivity index (χ1n) is 7.20. The van der Waals surface area contributed by atoms with Gasteiger partial charge in [-0.15, -0.1) is 0 Å². The molecule has 18 heavy (non-hydrogen) atoms. The van der Waals surface area contributed by atoms with Crippen molar-refractivity contribution in [3.63, 3.8) is 0 Å². The molecule has 2 heterocycles. The van der Waals surface area contributed by atoms with E-state index in [1.54, 1.807) is 0 Å². The van der Waals surface area contributed by atoms with Crippen LogP contribution < -0.4 is 10.1 Å². The van der Waals surface area contributed by atoms with Crippen LogP contribution in [0.15, 0.2) is 18.2 Å². The zero-order valence-electron chi connectivity index (χ0n) is 11.4. The standard InChI is InChI=1S/C16H23NO/c1-11-6-12(2)8-15(7-11)18-16-9-13-4-3-5-14(10-16)17-13/h6-8,13-14,16-17H,3-5,9-10H2,1-2H3. The molecule has 0 spiro atoms. The topological polar surface area (TPSA) is 21.3 Å². The van der Waals surface area contributed by atoms with Gasteiger partial charge in [0.2, 0.25) is 0 Å². The van der Waals surface area contributed by atoms with Crippen LogP contribution in [0.1, 0.15) is 43.2 Å². The van der Waals surface area contributed by atoms with Crippen molar-refractivity contribution < 1.29 is 4.74 Å². The zero-order valence-corrected chi connectivity index (χ0v) is 11.4. The second-order valence-corrected chi connectivity index (χ2v) is 6.03. The molecule has 0 aromatic heterocycles. The first-order chi connectivity index (χ1) is 8.69. The molecule has 2 bridgehead atoms. The van der Waals surface area contributed by atoms with Crippen LogP contribution in [-0.2, 0) is 0 Å². The second-order valence-electron chi connectivity index (χ2n) is 6.03. The maximum Gasteiger partial charge on any atom is 0.120 e. The van der Waals surface area contributed by atoms with Crippen molar-refractivity contribution in [1.82, 2.24) is 5.32 Å². The van der Waals surface area contributed by atoms with Gasteiger partial charge in [0.1, 0.15) is 11.9 Å². The van der Waals surface area contributed by atoms with Crippen molar-refractivity contribution in [1.29, 1.82) is 0 Å². The summed E-state index contributed by atoms with van der Waals surface area (Å²) < 4.78 is 6.21. The third kappa shape index (κ3) is 2.69. The van der Waals surface area contributed by atoms with Crippen molar-refractivity contribution in [2.45, 2.75) is 64.1 Å². The summed E-state index contributed by atoms with van der Waals surface area (Å²) in [4.78, 5) is 0. The van der Waals surface area contributed by atoms with Crippen LogP contribution in [0.4, 0.5) is 0 Å². The Labute approximate surface area is 110 Å². The number of piperidine rings is 2. The van der Waals surface area contributed by atoms with E-state index in [1.165, 1.54) is 43.2 Å². The largest absolute Gasteiger partial charge is 0.490 e. The molecule has 2 aliphatic heterocycles. The van der Waals surface area contributed by atoms with Crippen LogP contribution in [0.25, 0.3) is 0 Å². The van der Waals surface area contributed by atoms with Crippen molar-refractivity contribution >= 4 is 0 Å². The molecular weight excluding hydrogens is 222 g/mol. The molecule has 2 atom stereocenters. The highest BCUT2D eigenvalue weighted by Crippen LogP contribution is 2.29. The predicted octanol–water partition coefficient (Wildman–Crippen LogP) is 3.36. The number of nitrogens with one attached hydrogen (secondary N) is 1. The lowest BCUT2D eigenvalue weighted by atomic mass is 9.85. The molecule has 0 radical (unpaired) electrons. The normalized spacial score (nSPS) is 31.1. The fourth-order valence-corrected chi connectivity index (χ4v) is 3.50. The van der Waals surface area contributed by atoms with Gasteiger partial charge in [-0.05, 0) is 62.8 Å². The van der Waals surface area contributed by atoms with Gasteiger partial charge < -0.3 is 10.1 Å². The molecule has 1 N–H and O–H groups in total. The van der Waals surface area contributed by atoms with E-state index in [0.29, 0.717) is 18.2 Å². The Balaban J connectivity index is 1.68. The van der Waals surface area contributed by atoms with Gasteiger partial charge in [0, 0.05) is 12.1 Å². The van der Waals surface area contributed by atoms with E-state index in [1.807, 2.05) is 0 Å². The third-order valence-electron chi connectivity index (χ3n) is 4.17. The molecule has 2 aliphatic rings. The first kappa shape index (κ1) is 12.0. The molecule has 2 fully saturated rings. The molecule has 0 amide bonds. The Bertz CT molecular complexity index is 397. The summed E-state index contributed by atoms with van der Waals surface area (Å²) in [5.41, 5.74) is 2.58. The van der Waals surface area contributed by atoms with E-state index >= 15 is 0 Å². The molecule has 2 saturated heterocycles. The number of benzene rings is 1. The highest BCUT2D eigenvalue weighted by atomic mass is 16.5. The molecular formula is C16H23NO. The number of fused-ring (bicyclic) bond motifs is 2. The Morgan fingerprint density at radius 1 is 1.00 bits per heavy atom. The quantitative estimate of drug-likeness (QED) is 0.862. The number of aryl methyl sites for hydroxylation is 2. The van der Waals surface area contributed by atoms with Gasteiger partial charge in [-0.3, -0.25) is 0 Å². The van der Waals surface area contributed by atoms with Gasteiger partial charge in [0.05, 0.1) is 0 Å². The fraction of sp³-hybridized carbons (Fsp3) is 0.625. The second kappa shape index (κ2) is 4.93. The minimum absolute atomic E-state index is 0.405. The highest BCUT2D eigenvalue weighted by molar-refractivity contribution is 5.33. The van der Waals surface area contributed by atoms with E-state index in [-0.39, 0.29) is 0 Å². The molecule has 2 heteroatoms. The lowest BCUT2D eigenvalue weighted by Gasteiger charge is -2.40. The summed E-state index contributed by atoms with van der Waals surface area (Å²) in [6.07, 6.45) is 6.78. The number of ether oxygens (including phenoxy) is 1. The lowest BCUT2D eigenvalue weighted by molar-refractivity contribution is 0.0926. The van der Waals surface area contributed by atoms with E-state index in [0.717, 1.165) is 5.75 Å². The molecule has 1 aromatic carbocycles. The van der Waals surface area contributed by atoms with Gasteiger partial charge in [-0.25, -0.2) is 0 Å². The smallest absolute Gasteiger partial charge is 0.120 e. The zero-order chi connectivity index (χ0) is 12.5. The third-order valence-corrected chi connectivity index (χ3v) is 4.17. The van der Waals surface area contributed by atoms with Crippen LogP contribution in [0.2, 0.25) is 0 Å². The number of hydrogen-bond donors (Lipinski definition) is 1. The molecule has 2 nitrogen and oxygen atoms in total. The highest BCUT2D eigenvalue weighted by Gasteiger charge is 2.32. The van der Waals surface area contributed by atoms with Crippen LogP contribution >= 0.6 is 0 Å². The van der Waals surface area contributed by atoms with E-state index in [9.17, 15) is 0 Å². The van der Waals surface area contributed by atoms with Crippen LogP contribution in [-0.4, -0.2) is 18.2 Å². The molecule has 1 aromatic rings. The van der Waals surface area contributed by atoms with Crippen LogP contribution in [0, 0.1) is 13.8 Å². The van der Waals surface area contributed by atoms with E-state index < -0.39 is 0 Å². The minimum atomic E-state index is 0.405. The Morgan fingerprint density at radius 2 is 1.61 bits per heavy atom. The van der Waals surface area contributed by atoms with Crippen molar-refractivity contribution in [3.8, 4) is 5.75 Å². The maximum absolute atomic E-state index is 6.21. The molecule has 0 saturated carbocycles. The van der Waals surface area contributed by atoms with Gasteiger partial charge in [-0.1, -0.05) is 12.5 Å². The maximum atomic E-state index is 6.21. The fourth-order valence-electron chi connectivity index (χ4n) is 3.50. The van der Waals surface area contributed by atoms with Gasteiger partial charge >= 0.3 is 0 Å². The van der Waals surface area contributed by atoms with E-state index in [2.05, 4.69) is 37.4 Å². The summed E-state index contributed by atoms with van der Waals surface area (Å²) >= 11 is 0. The van der Waals surface area contributed by atoms with E-state index in [4.69, 9.17) is 4.74 Å². The van der Waals surface area contributed by atoms with Crippen molar-refractivity contribution in [3.05, 3.63) is 29.3 Å². The summed E-state index contributed by atoms with van der Waals surface area (Å²) in [5, 5.41) is 3.71. The summed E-state index contributed by atoms with van der Waals surface area (Å²) in [7, 11) is 0. The average Bonchev–Trinajstić information content (AvgIpc) is 2.26. The van der Waals surface area contributed by atoms with Crippen molar-refractivity contribution in [2.75, 3.05) is 0 Å². The number of hydrogen-bond acceptors (Lipinski definition) is 2. The van der Waals surface area contributed by atoms with Crippen LogP contribution in [0.5, 0.6) is 5.75 Å². The Hall–Kier alpha value is -1.02. The predicted molar refractivity (Wildman–Crippen MR) is 74.1 cm³/mol.